The van der Waals surface area contributed by atoms with Gasteiger partial charge in [0.05, 0.1) is 16.7 Å². The van der Waals surface area contributed by atoms with E-state index in [1.165, 1.54) is 19.3 Å². The monoisotopic (exact) mass is 290 g/mol. The largest absolute Gasteiger partial charge is 0.335 e. The summed E-state index contributed by atoms with van der Waals surface area (Å²) in [5, 5.41) is 10.6. The number of thiazole rings is 1. The van der Waals surface area contributed by atoms with E-state index in [2.05, 4.69) is 20.4 Å². The molecule has 1 fully saturated rings. The molecule has 5 nitrogen and oxygen atoms in total. The van der Waals surface area contributed by atoms with Gasteiger partial charge in [-0.15, -0.1) is 11.3 Å². The van der Waals surface area contributed by atoms with E-state index in [-0.39, 0.29) is 6.04 Å². The Morgan fingerprint density at radius 1 is 1.30 bits per heavy atom. The van der Waals surface area contributed by atoms with Crippen molar-refractivity contribution in [2.75, 3.05) is 6.54 Å². The Balaban J connectivity index is 1.68. The molecule has 0 bridgehead atoms. The summed E-state index contributed by atoms with van der Waals surface area (Å²) in [5.41, 5.74) is 0.930. The molecule has 3 rings (SSSR count). The third-order valence-corrected chi connectivity index (χ3v) is 4.15. The number of rotatable bonds is 3. The van der Waals surface area contributed by atoms with Crippen molar-refractivity contribution in [2.45, 2.75) is 38.6 Å². The van der Waals surface area contributed by atoms with Gasteiger partial charge < -0.3 is 9.84 Å². The summed E-state index contributed by atoms with van der Waals surface area (Å²) in [6, 6.07) is 0.227. The van der Waals surface area contributed by atoms with Crippen LogP contribution in [0.25, 0.3) is 12.2 Å². The molecule has 20 heavy (non-hydrogen) atoms. The van der Waals surface area contributed by atoms with Gasteiger partial charge in [-0.1, -0.05) is 18.0 Å². The summed E-state index contributed by atoms with van der Waals surface area (Å²) in [6.07, 6.45) is 8.52. The van der Waals surface area contributed by atoms with Gasteiger partial charge in [-0.2, -0.15) is 4.98 Å². The SMILES string of the molecule is Cc1nc(C=Cc2nc([C@@H]3CCCCCN3)no2)cs1. The van der Waals surface area contributed by atoms with Crippen LogP contribution < -0.4 is 5.32 Å². The number of hydrogen-bond acceptors (Lipinski definition) is 6. The fourth-order valence-electron chi connectivity index (χ4n) is 2.32. The van der Waals surface area contributed by atoms with Crippen LogP contribution in [0.2, 0.25) is 0 Å². The Hall–Kier alpha value is -1.53. The van der Waals surface area contributed by atoms with E-state index >= 15 is 0 Å². The zero-order valence-corrected chi connectivity index (χ0v) is 12.3. The topological polar surface area (TPSA) is 63.8 Å². The molecule has 1 saturated heterocycles. The molecule has 1 atom stereocenters. The lowest BCUT2D eigenvalue weighted by atomic mass is 10.1. The second kappa shape index (κ2) is 6.28. The van der Waals surface area contributed by atoms with E-state index in [1.54, 1.807) is 11.3 Å². The number of nitrogens with one attached hydrogen (secondary N) is 1. The quantitative estimate of drug-likeness (QED) is 0.940. The van der Waals surface area contributed by atoms with Gasteiger partial charge in [0.25, 0.3) is 5.89 Å². The molecular weight excluding hydrogens is 272 g/mol. The maximum atomic E-state index is 5.27. The molecule has 1 aliphatic heterocycles. The average Bonchev–Trinajstić information content (AvgIpc) is 2.99. The standard InChI is InChI=1S/C14H18N4OS/c1-10-16-11(9-20-10)6-7-13-17-14(18-19-13)12-5-3-2-4-8-15-12/h6-7,9,12,15H,2-5,8H2,1H3/t12-/m0/s1. The van der Waals surface area contributed by atoms with Crippen LogP contribution in [0.5, 0.6) is 0 Å². The highest BCUT2D eigenvalue weighted by molar-refractivity contribution is 7.09. The normalized spacial score (nSPS) is 20.4. The smallest absolute Gasteiger partial charge is 0.250 e. The first-order valence-electron chi connectivity index (χ1n) is 6.98. The van der Waals surface area contributed by atoms with Crippen LogP contribution in [0.15, 0.2) is 9.90 Å². The number of nitrogens with zero attached hydrogens (tertiary/aromatic N) is 3. The van der Waals surface area contributed by atoms with Crippen LogP contribution in [-0.4, -0.2) is 21.7 Å². The van der Waals surface area contributed by atoms with Gasteiger partial charge in [-0.25, -0.2) is 4.98 Å². The Bertz CT molecular complexity index is 582. The molecule has 0 radical (unpaired) electrons. The lowest BCUT2D eigenvalue weighted by Gasteiger charge is -2.09. The number of aromatic nitrogens is 3. The lowest BCUT2D eigenvalue weighted by molar-refractivity contribution is 0.388. The Morgan fingerprint density at radius 2 is 2.25 bits per heavy atom. The van der Waals surface area contributed by atoms with Gasteiger partial charge in [0, 0.05) is 11.5 Å². The fourth-order valence-corrected chi connectivity index (χ4v) is 2.90. The Labute approximate surface area is 122 Å². The second-order valence-electron chi connectivity index (χ2n) is 4.97. The summed E-state index contributed by atoms with van der Waals surface area (Å²) in [7, 11) is 0. The zero-order valence-electron chi connectivity index (χ0n) is 11.5. The van der Waals surface area contributed by atoms with Crippen molar-refractivity contribution in [3.63, 3.8) is 0 Å². The molecule has 0 unspecified atom stereocenters. The predicted octanol–water partition coefficient (Wildman–Crippen LogP) is 3.21. The third-order valence-electron chi connectivity index (χ3n) is 3.36. The molecule has 6 heteroatoms. The fraction of sp³-hybridized carbons (Fsp3) is 0.500. The number of hydrogen-bond donors (Lipinski definition) is 1. The van der Waals surface area contributed by atoms with Crippen molar-refractivity contribution in [3.05, 3.63) is 27.8 Å². The highest BCUT2D eigenvalue weighted by atomic mass is 32.1. The van der Waals surface area contributed by atoms with Crippen LogP contribution >= 0.6 is 11.3 Å². The van der Waals surface area contributed by atoms with Gasteiger partial charge in [0.15, 0.2) is 5.82 Å². The molecule has 2 aromatic heterocycles. The lowest BCUT2D eigenvalue weighted by Crippen LogP contribution is -2.21. The Kier molecular flexibility index (Phi) is 4.22. The molecular formula is C14H18N4OS. The Morgan fingerprint density at radius 3 is 3.10 bits per heavy atom. The van der Waals surface area contributed by atoms with E-state index in [0.29, 0.717) is 5.89 Å². The molecule has 2 aromatic rings. The first-order chi connectivity index (χ1) is 9.81. The molecule has 0 spiro atoms. The first-order valence-corrected chi connectivity index (χ1v) is 7.86. The molecule has 0 amide bonds. The van der Waals surface area contributed by atoms with Crippen molar-refractivity contribution in [1.29, 1.82) is 0 Å². The minimum atomic E-state index is 0.227. The van der Waals surface area contributed by atoms with Crippen molar-refractivity contribution in [3.8, 4) is 0 Å². The molecule has 0 aromatic carbocycles. The summed E-state index contributed by atoms with van der Waals surface area (Å²) < 4.78 is 5.27. The third kappa shape index (κ3) is 3.32. The zero-order chi connectivity index (χ0) is 13.8. The van der Waals surface area contributed by atoms with E-state index in [0.717, 1.165) is 29.5 Å². The first kappa shape index (κ1) is 13.5. The maximum Gasteiger partial charge on any atom is 0.250 e. The van der Waals surface area contributed by atoms with Gasteiger partial charge in [-0.3, -0.25) is 0 Å². The molecule has 1 N–H and O–H groups in total. The van der Waals surface area contributed by atoms with Crippen molar-refractivity contribution < 1.29 is 4.52 Å². The van der Waals surface area contributed by atoms with Gasteiger partial charge >= 0.3 is 0 Å². The van der Waals surface area contributed by atoms with Gasteiger partial charge in [0.1, 0.15) is 0 Å². The summed E-state index contributed by atoms with van der Waals surface area (Å²) >= 11 is 1.63. The maximum absolute atomic E-state index is 5.27. The second-order valence-corrected chi connectivity index (χ2v) is 6.03. The minimum absolute atomic E-state index is 0.227. The van der Waals surface area contributed by atoms with Crippen molar-refractivity contribution in [1.82, 2.24) is 20.4 Å². The van der Waals surface area contributed by atoms with Crippen LogP contribution in [0, 0.1) is 6.92 Å². The molecule has 0 aliphatic carbocycles. The molecule has 106 valence electrons. The van der Waals surface area contributed by atoms with Gasteiger partial charge in [-0.05, 0) is 32.4 Å². The summed E-state index contributed by atoms with van der Waals surface area (Å²) in [4.78, 5) is 8.81. The number of aryl methyl sites for hydroxylation is 1. The van der Waals surface area contributed by atoms with Crippen LogP contribution in [0.1, 0.15) is 54.1 Å². The average molecular weight is 290 g/mol. The molecule has 0 saturated carbocycles. The van der Waals surface area contributed by atoms with Crippen molar-refractivity contribution in [2.24, 2.45) is 0 Å². The van der Waals surface area contributed by atoms with E-state index in [9.17, 15) is 0 Å². The minimum Gasteiger partial charge on any atom is -0.335 e. The van der Waals surface area contributed by atoms with E-state index in [4.69, 9.17) is 4.52 Å². The van der Waals surface area contributed by atoms with Gasteiger partial charge in [0.2, 0.25) is 0 Å². The van der Waals surface area contributed by atoms with E-state index < -0.39 is 0 Å². The van der Waals surface area contributed by atoms with Crippen molar-refractivity contribution >= 4 is 23.5 Å². The molecule has 3 heterocycles. The highest BCUT2D eigenvalue weighted by Gasteiger charge is 2.18. The predicted molar refractivity (Wildman–Crippen MR) is 79.3 cm³/mol. The summed E-state index contributed by atoms with van der Waals surface area (Å²) in [5.74, 6) is 1.30. The van der Waals surface area contributed by atoms with E-state index in [1.807, 2.05) is 24.5 Å². The highest BCUT2D eigenvalue weighted by Crippen LogP contribution is 2.20. The van der Waals surface area contributed by atoms with Crippen LogP contribution in [0.3, 0.4) is 0 Å². The van der Waals surface area contributed by atoms with Crippen LogP contribution in [-0.2, 0) is 0 Å². The molecule has 1 aliphatic rings. The van der Waals surface area contributed by atoms with Crippen LogP contribution in [0.4, 0.5) is 0 Å². The summed E-state index contributed by atoms with van der Waals surface area (Å²) in [6.45, 7) is 3.02.